The van der Waals surface area contributed by atoms with E-state index in [9.17, 15) is 14.0 Å². The van der Waals surface area contributed by atoms with Gasteiger partial charge in [0.05, 0.1) is 20.6 Å². The molecule has 0 radical (unpaired) electrons. The summed E-state index contributed by atoms with van der Waals surface area (Å²) in [5.41, 5.74) is 2.34. The van der Waals surface area contributed by atoms with Crippen LogP contribution in [0.4, 0.5) is 4.39 Å². The fraction of sp³-hybridized carbons (Fsp3) is 0.269. The molecule has 3 rings (SSSR count). The summed E-state index contributed by atoms with van der Waals surface area (Å²) in [6.07, 6.45) is 3.36. The van der Waals surface area contributed by atoms with Crippen LogP contribution < -0.4 is 14.8 Å². The number of benzene rings is 2. The molecular weight excluding hydrogens is 437 g/mol. The van der Waals surface area contributed by atoms with Crippen molar-refractivity contribution in [3.05, 3.63) is 89.5 Å². The van der Waals surface area contributed by atoms with E-state index in [1.807, 2.05) is 12.1 Å². The summed E-state index contributed by atoms with van der Waals surface area (Å²) in [5.74, 6) is 0.171. The smallest absolute Gasteiger partial charge is 0.242 e. The zero-order valence-electron chi connectivity index (χ0n) is 19.5. The first-order valence-corrected chi connectivity index (χ1v) is 10.8. The molecule has 7 nitrogen and oxygen atoms in total. The van der Waals surface area contributed by atoms with Crippen LogP contribution in [0.1, 0.15) is 23.6 Å². The van der Waals surface area contributed by atoms with Crippen molar-refractivity contribution in [2.75, 3.05) is 14.2 Å². The summed E-state index contributed by atoms with van der Waals surface area (Å²) in [6.45, 7) is 2.16. The molecule has 0 aliphatic heterocycles. The van der Waals surface area contributed by atoms with Gasteiger partial charge in [-0.1, -0.05) is 18.2 Å². The quantitative estimate of drug-likeness (QED) is 0.496. The van der Waals surface area contributed by atoms with E-state index in [4.69, 9.17) is 9.47 Å². The zero-order valence-corrected chi connectivity index (χ0v) is 19.5. The molecule has 8 heteroatoms. The molecule has 2 amide bonds. The van der Waals surface area contributed by atoms with E-state index < -0.39 is 6.04 Å². The van der Waals surface area contributed by atoms with Gasteiger partial charge >= 0.3 is 0 Å². The Balaban J connectivity index is 1.78. The fourth-order valence-corrected chi connectivity index (χ4v) is 3.47. The number of carbonyl (C=O) groups is 2. The third kappa shape index (κ3) is 6.54. The molecule has 34 heavy (non-hydrogen) atoms. The summed E-state index contributed by atoms with van der Waals surface area (Å²) < 4.78 is 24.0. The summed E-state index contributed by atoms with van der Waals surface area (Å²) in [6, 6.07) is 14.0. The molecule has 0 saturated carbocycles. The molecule has 0 aliphatic rings. The topological polar surface area (TPSA) is 80.8 Å². The third-order valence-electron chi connectivity index (χ3n) is 5.45. The predicted molar refractivity (Wildman–Crippen MR) is 126 cm³/mol. The van der Waals surface area contributed by atoms with Crippen molar-refractivity contribution in [3.63, 3.8) is 0 Å². The first kappa shape index (κ1) is 24.7. The monoisotopic (exact) mass is 465 g/mol. The second-order valence-electron chi connectivity index (χ2n) is 7.76. The SMILES string of the molecule is COc1ccc(CC(=O)N(Cc2ccc(F)cc2)[C@@H](C)C(=O)NCc2ccncc2)cc1OC. The number of nitrogens with zero attached hydrogens (tertiary/aromatic N) is 2. The number of pyridine rings is 1. The molecule has 3 aromatic rings. The van der Waals surface area contributed by atoms with E-state index in [2.05, 4.69) is 10.3 Å². The standard InChI is InChI=1S/C26H28FN3O4/c1-18(26(32)29-16-19-10-12-28-13-11-19)30(17-20-4-7-22(27)8-5-20)25(31)15-21-6-9-23(33-2)24(14-21)34-3/h4-14,18H,15-17H2,1-3H3,(H,29,32)/t18-/m0/s1. The number of nitrogens with one attached hydrogen (secondary N) is 1. The highest BCUT2D eigenvalue weighted by atomic mass is 19.1. The third-order valence-corrected chi connectivity index (χ3v) is 5.45. The highest BCUT2D eigenvalue weighted by Crippen LogP contribution is 2.28. The maximum Gasteiger partial charge on any atom is 0.242 e. The molecule has 0 bridgehead atoms. The molecule has 1 heterocycles. The molecule has 0 unspecified atom stereocenters. The van der Waals surface area contributed by atoms with Gasteiger partial charge in [-0.2, -0.15) is 0 Å². The first-order valence-electron chi connectivity index (χ1n) is 10.8. The molecule has 1 aromatic heterocycles. The van der Waals surface area contributed by atoms with E-state index in [1.54, 1.807) is 56.8 Å². The second kappa shape index (κ2) is 11.8. The molecule has 178 valence electrons. The lowest BCUT2D eigenvalue weighted by Gasteiger charge is -2.29. The van der Waals surface area contributed by atoms with Gasteiger partial charge in [-0.05, 0) is 60.0 Å². The fourth-order valence-electron chi connectivity index (χ4n) is 3.47. The van der Waals surface area contributed by atoms with Gasteiger partial charge in [-0.3, -0.25) is 14.6 Å². The van der Waals surface area contributed by atoms with E-state index >= 15 is 0 Å². The van der Waals surface area contributed by atoms with Crippen LogP contribution in [0.25, 0.3) is 0 Å². The number of hydrogen-bond acceptors (Lipinski definition) is 5. The van der Waals surface area contributed by atoms with Gasteiger partial charge in [-0.15, -0.1) is 0 Å². The van der Waals surface area contributed by atoms with Gasteiger partial charge in [0.25, 0.3) is 0 Å². The van der Waals surface area contributed by atoms with Crippen LogP contribution in [-0.2, 0) is 29.1 Å². The van der Waals surface area contributed by atoms with Crippen LogP contribution in [0, 0.1) is 5.82 Å². The number of aromatic nitrogens is 1. The summed E-state index contributed by atoms with van der Waals surface area (Å²) in [4.78, 5) is 31.7. The van der Waals surface area contributed by atoms with Crippen LogP contribution in [-0.4, -0.2) is 42.0 Å². The van der Waals surface area contributed by atoms with E-state index in [0.717, 1.165) is 16.7 Å². The average Bonchev–Trinajstić information content (AvgIpc) is 2.86. The number of rotatable bonds is 10. The van der Waals surface area contributed by atoms with Crippen LogP contribution >= 0.6 is 0 Å². The van der Waals surface area contributed by atoms with Crippen LogP contribution in [0.5, 0.6) is 11.5 Å². The maximum atomic E-state index is 13.4. The highest BCUT2D eigenvalue weighted by molar-refractivity contribution is 5.88. The van der Waals surface area contributed by atoms with Gasteiger partial charge in [0.1, 0.15) is 11.9 Å². The number of carbonyl (C=O) groups excluding carboxylic acids is 2. The van der Waals surface area contributed by atoms with Crippen molar-refractivity contribution in [2.45, 2.75) is 32.5 Å². The Hall–Kier alpha value is -3.94. The van der Waals surface area contributed by atoms with E-state index in [1.165, 1.54) is 24.1 Å². The minimum atomic E-state index is -0.750. The van der Waals surface area contributed by atoms with Gasteiger partial charge in [0, 0.05) is 25.5 Å². The average molecular weight is 466 g/mol. The van der Waals surface area contributed by atoms with Crippen molar-refractivity contribution < 1.29 is 23.5 Å². The molecule has 1 N–H and O–H groups in total. The molecule has 2 aromatic carbocycles. The minimum Gasteiger partial charge on any atom is -0.493 e. The van der Waals surface area contributed by atoms with Crippen molar-refractivity contribution in [3.8, 4) is 11.5 Å². The zero-order chi connectivity index (χ0) is 24.5. The Morgan fingerprint density at radius 1 is 0.941 bits per heavy atom. The van der Waals surface area contributed by atoms with Gasteiger partial charge in [0.2, 0.25) is 11.8 Å². The van der Waals surface area contributed by atoms with Gasteiger partial charge < -0.3 is 19.7 Å². The first-order chi connectivity index (χ1) is 16.4. The Bertz CT molecular complexity index is 1110. The Kier molecular flexibility index (Phi) is 8.56. The lowest BCUT2D eigenvalue weighted by molar-refractivity contribution is -0.140. The minimum absolute atomic E-state index is 0.0591. The van der Waals surface area contributed by atoms with Crippen molar-refractivity contribution in [1.29, 1.82) is 0 Å². The van der Waals surface area contributed by atoms with Crippen molar-refractivity contribution in [1.82, 2.24) is 15.2 Å². The lowest BCUT2D eigenvalue weighted by atomic mass is 10.1. The van der Waals surface area contributed by atoms with Gasteiger partial charge in [-0.25, -0.2) is 4.39 Å². The molecular formula is C26H28FN3O4. The van der Waals surface area contributed by atoms with Gasteiger partial charge in [0.15, 0.2) is 11.5 Å². The van der Waals surface area contributed by atoms with Crippen LogP contribution in [0.3, 0.4) is 0 Å². The summed E-state index contributed by atoms with van der Waals surface area (Å²) >= 11 is 0. The molecule has 0 fully saturated rings. The largest absolute Gasteiger partial charge is 0.493 e. The van der Waals surface area contributed by atoms with Crippen molar-refractivity contribution in [2.24, 2.45) is 0 Å². The van der Waals surface area contributed by atoms with E-state index in [0.29, 0.717) is 18.0 Å². The maximum absolute atomic E-state index is 13.4. The number of hydrogen-bond donors (Lipinski definition) is 1. The molecule has 0 saturated heterocycles. The Morgan fingerprint density at radius 2 is 1.59 bits per heavy atom. The Labute approximate surface area is 198 Å². The molecule has 1 atom stereocenters. The molecule has 0 spiro atoms. The van der Waals surface area contributed by atoms with E-state index in [-0.39, 0.29) is 30.6 Å². The number of ether oxygens (including phenoxy) is 2. The number of amides is 2. The molecule has 0 aliphatic carbocycles. The predicted octanol–water partition coefficient (Wildman–Crippen LogP) is 3.51. The Morgan fingerprint density at radius 3 is 2.24 bits per heavy atom. The highest BCUT2D eigenvalue weighted by Gasteiger charge is 2.26. The van der Waals surface area contributed by atoms with Crippen LogP contribution in [0.2, 0.25) is 0 Å². The second-order valence-corrected chi connectivity index (χ2v) is 7.76. The van der Waals surface area contributed by atoms with Crippen molar-refractivity contribution >= 4 is 11.8 Å². The normalized spacial score (nSPS) is 11.4. The lowest BCUT2D eigenvalue weighted by Crippen LogP contribution is -2.48. The number of methoxy groups -OCH3 is 2. The summed E-state index contributed by atoms with van der Waals surface area (Å²) in [7, 11) is 3.07. The number of halogens is 1. The van der Waals surface area contributed by atoms with Crippen LogP contribution in [0.15, 0.2) is 67.0 Å². The summed E-state index contributed by atoms with van der Waals surface area (Å²) in [5, 5.41) is 2.87.